The highest BCUT2D eigenvalue weighted by Crippen LogP contribution is 2.37. The summed E-state index contributed by atoms with van der Waals surface area (Å²) in [5.41, 5.74) is 3.20. The van der Waals surface area contributed by atoms with Crippen molar-refractivity contribution in [1.29, 1.82) is 0 Å². The highest BCUT2D eigenvalue weighted by Gasteiger charge is 2.25. The van der Waals surface area contributed by atoms with Crippen LogP contribution in [0.5, 0.6) is 0 Å². The number of nitrogens with zero attached hydrogens (tertiary/aromatic N) is 1. The maximum atomic E-state index is 4.63. The highest BCUT2D eigenvalue weighted by molar-refractivity contribution is 9.09. The van der Waals surface area contributed by atoms with Crippen LogP contribution in [0, 0.1) is 5.41 Å². The molecule has 2 heteroatoms. The van der Waals surface area contributed by atoms with Gasteiger partial charge in [0.25, 0.3) is 0 Å². The first kappa shape index (κ1) is 14.0. The van der Waals surface area contributed by atoms with E-state index in [2.05, 4.69) is 53.8 Å². The summed E-state index contributed by atoms with van der Waals surface area (Å²) in [6, 6.07) is 4.33. The molecule has 18 heavy (non-hydrogen) atoms. The number of halogens is 1. The van der Waals surface area contributed by atoms with Gasteiger partial charge >= 0.3 is 0 Å². The minimum atomic E-state index is 0.349. The van der Waals surface area contributed by atoms with E-state index in [0.717, 1.165) is 0 Å². The van der Waals surface area contributed by atoms with Crippen LogP contribution in [0.4, 0.5) is 0 Å². The Hall–Kier alpha value is -0.370. The second-order valence-corrected chi connectivity index (χ2v) is 7.65. The average molecular weight is 310 g/mol. The smallest absolute Gasteiger partial charge is 0.0466 e. The van der Waals surface area contributed by atoms with E-state index in [1.54, 1.807) is 0 Å². The molecular weight excluding hydrogens is 286 g/mol. The summed E-state index contributed by atoms with van der Waals surface area (Å²) in [6.07, 6.45) is 8.31. The SMILES string of the molecule is CC(C)(C)C(Br)CCC1CCCc2cccnc21. The normalized spacial score (nSPS) is 21.4. The van der Waals surface area contributed by atoms with Crippen molar-refractivity contribution in [1.82, 2.24) is 4.98 Å². The molecule has 2 rings (SSSR count). The molecule has 0 saturated heterocycles. The lowest BCUT2D eigenvalue weighted by atomic mass is 9.81. The third-order valence-electron chi connectivity index (χ3n) is 4.02. The van der Waals surface area contributed by atoms with Crippen molar-refractivity contribution >= 4 is 15.9 Å². The number of fused-ring (bicyclic) bond motifs is 1. The summed E-state index contributed by atoms with van der Waals surface area (Å²) in [4.78, 5) is 5.22. The second kappa shape index (κ2) is 5.73. The predicted octanol–water partition coefficient (Wildman–Crippen LogP) is 5.09. The molecule has 1 aliphatic carbocycles. The third-order valence-corrected chi connectivity index (χ3v) is 5.85. The average Bonchev–Trinajstić information content (AvgIpc) is 2.34. The molecule has 0 amide bonds. The molecule has 0 aliphatic heterocycles. The molecule has 1 heterocycles. The van der Waals surface area contributed by atoms with Gasteiger partial charge in [0.1, 0.15) is 0 Å². The second-order valence-electron chi connectivity index (χ2n) is 6.55. The van der Waals surface area contributed by atoms with Crippen LogP contribution in [-0.4, -0.2) is 9.81 Å². The van der Waals surface area contributed by atoms with Crippen LogP contribution in [-0.2, 0) is 6.42 Å². The van der Waals surface area contributed by atoms with Gasteiger partial charge in [0.2, 0.25) is 0 Å². The fourth-order valence-corrected chi connectivity index (χ4v) is 3.03. The third kappa shape index (κ3) is 3.34. The van der Waals surface area contributed by atoms with Gasteiger partial charge in [-0.3, -0.25) is 4.98 Å². The van der Waals surface area contributed by atoms with Crippen molar-refractivity contribution in [3.05, 3.63) is 29.6 Å². The highest BCUT2D eigenvalue weighted by atomic mass is 79.9. The van der Waals surface area contributed by atoms with Crippen LogP contribution in [0.25, 0.3) is 0 Å². The van der Waals surface area contributed by atoms with E-state index in [9.17, 15) is 0 Å². The maximum Gasteiger partial charge on any atom is 0.0466 e. The molecule has 0 N–H and O–H groups in total. The van der Waals surface area contributed by atoms with Crippen molar-refractivity contribution in [3.63, 3.8) is 0 Å². The van der Waals surface area contributed by atoms with Crippen molar-refractivity contribution in [3.8, 4) is 0 Å². The molecule has 100 valence electrons. The molecule has 1 aromatic rings. The summed E-state index contributed by atoms with van der Waals surface area (Å²) < 4.78 is 0. The van der Waals surface area contributed by atoms with Crippen LogP contribution in [0.3, 0.4) is 0 Å². The van der Waals surface area contributed by atoms with Gasteiger partial charge in [-0.1, -0.05) is 42.8 Å². The van der Waals surface area contributed by atoms with Gasteiger partial charge in [0, 0.05) is 22.6 Å². The molecule has 2 atom stereocenters. The number of pyridine rings is 1. The van der Waals surface area contributed by atoms with E-state index in [1.165, 1.54) is 43.4 Å². The van der Waals surface area contributed by atoms with E-state index in [4.69, 9.17) is 0 Å². The lowest BCUT2D eigenvalue weighted by molar-refractivity contribution is 0.364. The van der Waals surface area contributed by atoms with E-state index in [-0.39, 0.29) is 0 Å². The van der Waals surface area contributed by atoms with Gasteiger partial charge in [0.05, 0.1) is 0 Å². The summed E-state index contributed by atoms with van der Waals surface area (Å²) in [6.45, 7) is 6.92. The summed E-state index contributed by atoms with van der Waals surface area (Å²) in [5, 5.41) is 0. The van der Waals surface area contributed by atoms with E-state index in [1.807, 2.05) is 6.20 Å². The Labute approximate surface area is 120 Å². The van der Waals surface area contributed by atoms with Gasteiger partial charge in [-0.15, -0.1) is 0 Å². The Kier molecular flexibility index (Phi) is 4.47. The zero-order chi connectivity index (χ0) is 13.2. The molecule has 1 aliphatic rings. The topological polar surface area (TPSA) is 12.9 Å². The summed E-state index contributed by atoms with van der Waals surface area (Å²) >= 11 is 3.84. The predicted molar refractivity (Wildman–Crippen MR) is 81.3 cm³/mol. The number of aromatic nitrogens is 1. The van der Waals surface area contributed by atoms with E-state index < -0.39 is 0 Å². The summed E-state index contributed by atoms with van der Waals surface area (Å²) in [5.74, 6) is 0.678. The zero-order valence-corrected chi connectivity index (χ0v) is 13.3. The van der Waals surface area contributed by atoms with E-state index in [0.29, 0.717) is 16.2 Å². The lowest BCUT2D eigenvalue weighted by Crippen LogP contribution is -2.21. The van der Waals surface area contributed by atoms with Gasteiger partial charge < -0.3 is 0 Å². The standard InChI is InChI=1S/C16H24BrN/c1-16(2,3)14(17)10-9-13-7-4-6-12-8-5-11-18-15(12)13/h5,8,11,13-14H,4,6-7,9-10H2,1-3H3. The number of hydrogen-bond acceptors (Lipinski definition) is 1. The minimum Gasteiger partial charge on any atom is -0.261 e. The fourth-order valence-electron chi connectivity index (χ4n) is 2.77. The van der Waals surface area contributed by atoms with Gasteiger partial charge in [-0.2, -0.15) is 0 Å². The number of hydrogen-bond donors (Lipinski definition) is 0. The molecule has 0 radical (unpaired) electrons. The lowest BCUT2D eigenvalue weighted by Gasteiger charge is -2.29. The Bertz CT molecular complexity index is 394. The number of aryl methyl sites for hydroxylation is 1. The van der Waals surface area contributed by atoms with Crippen molar-refractivity contribution in [2.45, 2.75) is 63.6 Å². The molecule has 1 aromatic heterocycles. The zero-order valence-electron chi connectivity index (χ0n) is 11.7. The van der Waals surface area contributed by atoms with Crippen molar-refractivity contribution in [2.24, 2.45) is 5.41 Å². The molecular formula is C16H24BrN. The number of alkyl halides is 1. The molecule has 0 aromatic carbocycles. The minimum absolute atomic E-state index is 0.349. The van der Waals surface area contributed by atoms with Crippen LogP contribution >= 0.6 is 15.9 Å². The van der Waals surface area contributed by atoms with Crippen molar-refractivity contribution < 1.29 is 0 Å². The first-order chi connectivity index (χ1) is 8.48. The van der Waals surface area contributed by atoms with Crippen LogP contribution in [0.15, 0.2) is 18.3 Å². The fraction of sp³-hybridized carbons (Fsp3) is 0.688. The molecule has 0 saturated carbocycles. The maximum absolute atomic E-state index is 4.63. The Morgan fingerprint density at radius 3 is 2.94 bits per heavy atom. The van der Waals surface area contributed by atoms with Crippen LogP contribution in [0.2, 0.25) is 0 Å². The van der Waals surface area contributed by atoms with Crippen molar-refractivity contribution in [2.75, 3.05) is 0 Å². The van der Waals surface area contributed by atoms with Crippen LogP contribution < -0.4 is 0 Å². The largest absolute Gasteiger partial charge is 0.261 e. The first-order valence-electron chi connectivity index (χ1n) is 7.06. The van der Waals surface area contributed by atoms with Gasteiger partial charge in [-0.05, 0) is 49.1 Å². The number of rotatable bonds is 3. The first-order valence-corrected chi connectivity index (χ1v) is 7.98. The molecule has 0 fully saturated rings. The van der Waals surface area contributed by atoms with Gasteiger partial charge in [0.15, 0.2) is 0 Å². The Balaban J connectivity index is 2.00. The summed E-state index contributed by atoms with van der Waals surface area (Å²) in [7, 11) is 0. The molecule has 0 spiro atoms. The molecule has 0 bridgehead atoms. The molecule has 1 nitrogen and oxygen atoms in total. The monoisotopic (exact) mass is 309 g/mol. The van der Waals surface area contributed by atoms with Crippen LogP contribution in [0.1, 0.15) is 63.6 Å². The molecule has 2 unspecified atom stereocenters. The quantitative estimate of drug-likeness (QED) is 0.709. The van der Waals surface area contributed by atoms with E-state index >= 15 is 0 Å². The Morgan fingerprint density at radius 1 is 1.44 bits per heavy atom. The Morgan fingerprint density at radius 2 is 2.22 bits per heavy atom. The van der Waals surface area contributed by atoms with Gasteiger partial charge in [-0.25, -0.2) is 0 Å².